The number of carbonyl (C=O) groups excluding carboxylic acids is 2. The van der Waals surface area contributed by atoms with Crippen LogP contribution in [0.5, 0.6) is 0 Å². The molecule has 2 rings (SSSR count). The van der Waals surface area contributed by atoms with Gasteiger partial charge in [0.05, 0.1) is 6.54 Å². The fraction of sp³-hybridized carbons (Fsp3) is 0.667. The molecule has 2 aliphatic rings. The van der Waals surface area contributed by atoms with E-state index >= 15 is 0 Å². The van der Waals surface area contributed by atoms with Crippen LogP contribution >= 0.6 is 0 Å². The predicted molar refractivity (Wildman–Crippen MR) is 55.7 cm³/mol. The number of carbonyl (C=O) groups is 2. The van der Waals surface area contributed by atoms with E-state index in [1.54, 1.807) is 0 Å². The van der Waals surface area contributed by atoms with Crippen LogP contribution in [-0.4, -0.2) is 23.3 Å². The molecule has 0 aromatic rings. The van der Waals surface area contributed by atoms with Gasteiger partial charge >= 0.3 is 0 Å². The molecule has 1 saturated carbocycles. The van der Waals surface area contributed by atoms with Gasteiger partial charge in [-0.15, -0.1) is 6.42 Å². The first-order valence-corrected chi connectivity index (χ1v) is 5.44. The second kappa shape index (κ2) is 3.69. The predicted octanol–water partition coefficient (Wildman–Crippen LogP) is 1.33. The largest absolute Gasteiger partial charge is 0.274 e. The van der Waals surface area contributed by atoms with E-state index in [4.69, 9.17) is 6.42 Å². The highest BCUT2D eigenvalue weighted by Crippen LogP contribution is 2.46. The van der Waals surface area contributed by atoms with Gasteiger partial charge in [0, 0.05) is 12.8 Å². The molecular formula is C12H15NO2. The third-order valence-corrected chi connectivity index (χ3v) is 3.57. The summed E-state index contributed by atoms with van der Waals surface area (Å²) in [6, 6.07) is 0. The third-order valence-electron chi connectivity index (χ3n) is 3.57. The number of nitrogens with zero attached hydrogens (tertiary/aromatic N) is 1. The molecule has 0 N–H and O–H groups in total. The minimum Gasteiger partial charge on any atom is -0.274 e. The maximum absolute atomic E-state index is 11.8. The monoisotopic (exact) mass is 205 g/mol. The first-order valence-electron chi connectivity index (χ1n) is 5.44. The van der Waals surface area contributed by atoms with Gasteiger partial charge < -0.3 is 0 Å². The van der Waals surface area contributed by atoms with E-state index in [0.717, 1.165) is 25.7 Å². The van der Waals surface area contributed by atoms with Crippen LogP contribution < -0.4 is 0 Å². The van der Waals surface area contributed by atoms with E-state index in [1.807, 2.05) is 0 Å². The molecule has 2 amide bonds. The molecule has 0 bridgehead atoms. The highest BCUT2D eigenvalue weighted by atomic mass is 16.2. The van der Waals surface area contributed by atoms with Gasteiger partial charge in [0.2, 0.25) is 11.8 Å². The van der Waals surface area contributed by atoms with Gasteiger partial charge in [-0.05, 0) is 18.3 Å². The zero-order valence-electron chi connectivity index (χ0n) is 8.79. The lowest BCUT2D eigenvalue weighted by Crippen LogP contribution is -2.47. The van der Waals surface area contributed by atoms with Crippen molar-refractivity contribution in [2.24, 2.45) is 5.41 Å². The average Bonchev–Trinajstić information content (AvgIpc) is 2.60. The SMILES string of the molecule is C#CCN1C(=O)CC2(CCCC2)CC1=O. The van der Waals surface area contributed by atoms with Crippen LogP contribution in [0, 0.1) is 17.8 Å². The van der Waals surface area contributed by atoms with Crippen LogP contribution in [0.2, 0.25) is 0 Å². The van der Waals surface area contributed by atoms with Crippen molar-refractivity contribution >= 4 is 11.8 Å². The maximum Gasteiger partial charge on any atom is 0.230 e. The van der Waals surface area contributed by atoms with Crippen LogP contribution in [-0.2, 0) is 9.59 Å². The summed E-state index contributed by atoms with van der Waals surface area (Å²) in [4.78, 5) is 24.8. The third kappa shape index (κ3) is 1.77. The topological polar surface area (TPSA) is 37.4 Å². The van der Waals surface area contributed by atoms with Crippen molar-refractivity contribution in [3.8, 4) is 12.3 Å². The highest BCUT2D eigenvalue weighted by molar-refractivity contribution is 5.98. The maximum atomic E-state index is 11.8. The summed E-state index contributed by atoms with van der Waals surface area (Å²) >= 11 is 0. The molecule has 1 aliphatic heterocycles. The van der Waals surface area contributed by atoms with Crippen molar-refractivity contribution in [3.63, 3.8) is 0 Å². The molecule has 0 unspecified atom stereocenters. The molecular weight excluding hydrogens is 190 g/mol. The molecule has 3 nitrogen and oxygen atoms in total. The first-order chi connectivity index (χ1) is 7.17. The molecule has 0 aromatic heterocycles. The van der Waals surface area contributed by atoms with Crippen LogP contribution in [0.25, 0.3) is 0 Å². The molecule has 3 heteroatoms. The summed E-state index contributed by atoms with van der Waals surface area (Å²) in [5.41, 5.74) is -0.0146. The van der Waals surface area contributed by atoms with Crippen molar-refractivity contribution < 1.29 is 9.59 Å². The molecule has 15 heavy (non-hydrogen) atoms. The first kappa shape index (κ1) is 10.2. The van der Waals surface area contributed by atoms with E-state index < -0.39 is 0 Å². The van der Waals surface area contributed by atoms with E-state index in [1.165, 1.54) is 4.90 Å². The highest BCUT2D eigenvalue weighted by Gasteiger charge is 2.44. The standard InChI is InChI=1S/C12H15NO2/c1-2-7-13-10(14)8-12(9-11(13)15)5-3-4-6-12/h1H,3-9H2. The summed E-state index contributed by atoms with van der Waals surface area (Å²) in [5, 5.41) is 0. The Kier molecular flexibility index (Phi) is 2.52. The minimum atomic E-state index is -0.0777. The lowest BCUT2D eigenvalue weighted by Gasteiger charge is -2.36. The molecule has 0 atom stereocenters. The summed E-state index contributed by atoms with van der Waals surface area (Å²) < 4.78 is 0. The zero-order chi connectivity index (χ0) is 10.9. The van der Waals surface area contributed by atoms with Crippen molar-refractivity contribution in [1.29, 1.82) is 0 Å². The Balaban J connectivity index is 2.13. The lowest BCUT2D eigenvalue weighted by atomic mass is 9.76. The van der Waals surface area contributed by atoms with Gasteiger partial charge in [0.1, 0.15) is 0 Å². The van der Waals surface area contributed by atoms with Gasteiger partial charge in [0.25, 0.3) is 0 Å². The Morgan fingerprint density at radius 2 is 1.73 bits per heavy atom. The van der Waals surface area contributed by atoms with Crippen molar-refractivity contribution in [2.45, 2.75) is 38.5 Å². The average molecular weight is 205 g/mol. The molecule has 0 aromatic carbocycles. The van der Waals surface area contributed by atoms with Crippen molar-refractivity contribution in [3.05, 3.63) is 0 Å². The van der Waals surface area contributed by atoms with E-state index in [-0.39, 0.29) is 23.8 Å². The van der Waals surface area contributed by atoms with Crippen LogP contribution in [0.3, 0.4) is 0 Å². The number of imide groups is 1. The second-order valence-electron chi connectivity index (χ2n) is 4.64. The molecule has 1 spiro atoms. The molecule has 0 radical (unpaired) electrons. The van der Waals surface area contributed by atoms with Crippen molar-refractivity contribution in [1.82, 2.24) is 4.90 Å². The number of rotatable bonds is 1. The van der Waals surface area contributed by atoms with Crippen LogP contribution in [0.1, 0.15) is 38.5 Å². The number of amides is 2. The molecule has 1 heterocycles. The normalized spacial score (nSPS) is 24.6. The Morgan fingerprint density at radius 1 is 1.20 bits per heavy atom. The lowest BCUT2D eigenvalue weighted by molar-refractivity contribution is -0.152. The quantitative estimate of drug-likeness (QED) is 0.478. The van der Waals surface area contributed by atoms with Crippen LogP contribution in [0.4, 0.5) is 0 Å². The van der Waals surface area contributed by atoms with Gasteiger partial charge in [0.15, 0.2) is 0 Å². The number of piperidine rings is 1. The second-order valence-corrected chi connectivity index (χ2v) is 4.64. The Bertz CT molecular complexity index is 314. The van der Waals surface area contributed by atoms with E-state index in [0.29, 0.717) is 12.8 Å². The number of terminal acetylenes is 1. The zero-order valence-corrected chi connectivity index (χ0v) is 8.79. The number of hydrogen-bond donors (Lipinski definition) is 0. The molecule has 80 valence electrons. The summed E-state index contributed by atoms with van der Waals surface area (Å²) in [6.45, 7) is 0.133. The van der Waals surface area contributed by atoms with Crippen molar-refractivity contribution in [2.75, 3.05) is 6.54 Å². The van der Waals surface area contributed by atoms with Crippen LogP contribution in [0.15, 0.2) is 0 Å². The molecule has 2 fully saturated rings. The Morgan fingerprint density at radius 3 is 2.20 bits per heavy atom. The fourth-order valence-electron chi connectivity index (χ4n) is 2.78. The van der Waals surface area contributed by atoms with E-state index in [9.17, 15) is 9.59 Å². The Hall–Kier alpha value is -1.30. The smallest absolute Gasteiger partial charge is 0.230 e. The fourth-order valence-corrected chi connectivity index (χ4v) is 2.78. The van der Waals surface area contributed by atoms with Gasteiger partial charge in [-0.2, -0.15) is 0 Å². The number of hydrogen-bond acceptors (Lipinski definition) is 2. The van der Waals surface area contributed by atoms with Gasteiger partial charge in [-0.25, -0.2) is 0 Å². The van der Waals surface area contributed by atoms with E-state index in [2.05, 4.69) is 5.92 Å². The molecule has 1 aliphatic carbocycles. The summed E-state index contributed by atoms with van der Waals surface area (Å²) in [5.74, 6) is 2.21. The summed E-state index contributed by atoms with van der Waals surface area (Å²) in [6.07, 6.45) is 10.5. The minimum absolute atomic E-state index is 0.0146. The van der Waals surface area contributed by atoms with Gasteiger partial charge in [-0.3, -0.25) is 14.5 Å². The van der Waals surface area contributed by atoms with Gasteiger partial charge in [-0.1, -0.05) is 18.8 Å². The number of likely N-dealkylation sites (tertiary alicyclic amines) is 1. The molecule has 1 saturated heterocycles. The Labute approximate surface area is 89.8 Å². The summed E-state index contributed by atoms with van der Waals surface area (Å²) in [7, 11) is 0.